The Morgan fingerprint density at radius 2 is 2.19 bits per heavy atom. The molecule has 7 heteroatoms. The van der Waals surface area contributed by atoms with Crippen LogP contribution in [-0.2, 0) is 15.9 Å². The number of sulfonamides is 1. The van der Waals surface area contributed by atoms with Gasteiger partial charge in [-0.05, 0) is 25.3 Å². The molecule has 0 spiro atoms. The van der Waals surface area contributed by atoms with E-state index in [4.69, 9.17) is 11.6 Å². The van der Waals surface area contributed by atoms with Gasteiger partial charge in [-0.15, -0.1) is 11.6 Å². The van der Waals surface area contributed by atoms with Gasteiger partial charge in [0.2, 0.25) is 10.0 Å². The van der Waals surface area contributed by atoms with E-state index in [0.717, 1.165) is 30.7 Å². The van der Waals surface area contributed by atoms with Gasteiger partial charge in [-0.3, -0.25) is 0 Å². The van der Waals surface area contributed by atoms with E-state index in [-0.39, 0.29) is 0 Å². The second-order valence-electron chi connectivity index (χ2n) is 5.70. The van der Waals surface area contributed by atoms with E-state index >= 15 is 0 Å². The van der Waals surface area contributed by atoms with Crippen molar-refractivity contribution >= 4 is 33.4 Å². The van der Waals surface area contributed by atoms with Gasteiger partial charge in [0.25, 0.3) is 0 Å². The fraction of sp³-hybridized carbons (Fsp3) is 0.714. The minimum atomic E-state index is -3.38. The molecule has 1 aliphatic carbocycles. The maximum atomic E-state index is 12.8. The van der Waals surface area contributed by atoms with E-state index in [0.29, 0.717) is 35.2 Å². The molecule has 2 fully saturated rings. The van der Waals surface area contributed by atoms with E-state index in [2.05, 4.69) is 11.5 Å². The molecule has 2 aliphatic rings. The molecule has 4 nitrogen and oxygen atoms in total. The molecule has 1 aliphatic heterocycles. The summed E-state index contributed by atoms with van der Waals surface area (Å²) in [5.74, 6) is 1.24. The van der Waals surface area contributed by atoms with Crippen molar-refractivity contribution in [3.63, 3.8) is 0 Å². The highest BCUT2D eigenvalue weighted by atomic mass is 35.5. The molecule has 1 aromatic rings. The minimum absolute atomic E-state index is 0.361. The monoisotopic (exact) mass is 348 g/mol. The second kappa shape index (κ2) is 6.14. The Morgan fingerprint density at radius 3 is 2.81 bits per heavy atom. The molecule has 0 amide bonds. The third-order valence-electron chi connectivity index (χ3n) is 4.18. The first kappa shape index (κ1) is 15.7. The summed E-state index contributed by atoms with van der Waals surface area (Å²) in [5, 5.41) is 0.409. The lowest BCUT2D eigenvalue weighted by molar-refractivity contribution is 0.416. The van der Waals surface area contributed by atoms with Crippen LogP contribution < -0.4 is 0 Å². The molecular formula is C14H21ClN2O2S2. The van der Waals surface area contributed by atoms with Crippen LogP contribution >= 0.6 is 23.4 Å². The van der Waals surface area contributed by atoms with Gasteiger partial charge in [0.1, 0.15) is 4.90 Å². The molecule has 1 aromatic heterocycles. The molecule has 1 saturated carbocycles. The predicted molar refractivity (Wildman–Crippen MR) is 87.6 cm³/mol. The Kier molecular flexibility index (Phi) is 4.60. The van der Waals surface area contributed by atoms with Crippen molar-refractivity contribution in [2.24, 2.45) is 0 Å². The molecule has 0 bridgehead atoms. The van der Waals surface area contributed by atoms with Gasteiger partial charge in [0.15, 0.2) is 0 Å². The molecule has 1 unspecified atom stereocenters. The first-order valence-corrected chi connectivity index (χ1v) is 10.5. The van der Waals surface area contributed by atoms with Crippen molar-refractivity contribution in [3.05, 3.63) is 18.0 Å². The van der Waals surface area contributed by atoms with Gasteiger partial charge in [-0.25, -0.2) is 8.42 Å². The Labute approximate surface area is 135 Å². The summed E-state index contributed by atoms with van der Waals surface area (Å²) >= 11 is 7.84. The molecule has 3 rings (SSSR count). The third-order valence-corrected chi connectivity index (χ3v) is 7.66. The Morgan fingerprint density at radius 1 is 1.43 bits per heavy atom. The Balaban J connectivity index is 1.87. The lowest BCUT2D eigenvalue weighted by atomic mass is 10.3. The SMILES string of the molecule is CCC1CN(S(=O)(=O)c2cc(CCl)n(C3CC3)c2)CCS1. The van der Waals surface area contributed by atoms with Crippen LogP contribution in [0.4, 0.5) is 0 Å². The summed E-state index contributed by atoms with van der Waals surface area (Å²) in [6.45, 7) is 3.34. The zero-order chi connectivity index (χ0) is 15.0. The summed E-state index contributed by atoms with van der Waals surface area (Å²) in [5.41, 5.74) is 0.913. The van der Waals surface area contributed by atoms with Crippen LogP contribution in [0.15, 0.2) is 17.2 Å². The van der Waals surface area contributed by atoms with Crippen molar-refractivity contribution in [2.45, 2.75) is 48.3 Å². The van der Waals surface area contributed by atoms with Crippen LogP contribution in [0.1, 0.15) is 37.9 Å². The highest BCUT2D eigenvalue weighted by Gasteiger charge is 2.33. The van der Waals surface area contributed by atoms with Crippen molar-refractivity contribution < 1.29 is 8.42 Å². The highest BCUT2D eigenvalue weighted by molar-refractivity contribution is 8.00. The summed E-state index contributed by atoms with van der Waals surface area (Å²) in [6.07, 6.45) is 5.03. The van der Waals surface area contributed by atoms with Crippen LogP contribution in [0.3, 0.4) is 0 Å². The van der Waals surface area contributed by atoms with Crippen LogP contribution in [0, 0.1) is 0 Å². The highest BCUT2D eigenvalue weighted by Crippen LogP contribution is 2.38. The van der Waals surface area contributed by atoms with Crippen LogP contribution in [0.5, 0.6) is 0 Å². The number of rotatable bonds is 5. The number of hydrogen-bond acceptors (Lipinski definition) is 3. The number of hydrogen-bond donors (Lipinski definition) is 0. The number of thioether (sulfide) groups is 1. The van der Waals surface area contributed by atoms with E-state index in [9.17, 15) is 8.42 Å². The normalized spacial score (nSPS) is 24.4. The third kappa shape index (κ3) is 3.14. The standard InChI is InChI=1S/C14H21ClN2O2S2/c1-2-13-9-16(5-6-20-13)21(18,19)14-7-12(8-15)17(10-14)11-3-4-11/h7,10-11,13H,2-6,8-9H2,1H3. The fourth-order valence-electron chi connectivity index (χ4n) is 2.74. The van der Waals surface area contributed by atoms with Crippen LogP contribution in [-0.4, -0.2) is 41.4 Å². The van der Waals surface area contributed by atoms with E-state index < -0.39 is 10.0 Å². The lowest BCUT2D eigenvalue weighted by Gasteiger charge is -2.30. The summed E-state index contributed by atoms with van der Waals surface area (Å²) in [6, 6.07) is 2.20. The van der Waals surface area contributed by atoms with Crippen molar-refractivity contribution in [3.8, 4) is 0 Å². The maximum Gasteiger partial charge on any atom is 0.244 e. The lowest BCUT2D eigenvalue weighted by Crippen LogP contribution is -2.41. The second-order valence-corrected chi connectivity index (χ2v) is 9.32. The molecule has 0 radical (unpaired) electrons. The van der Waals surface area contributed by atoms with Gasteiger partial charge < -0.3 is 4.57 Å². The average molecular weight is 349 g/mol. The summed E-state index contributed by atoms with van der Waals surface area (Å²) in [4.78, 5) is 0.409. The Hall–Kier alpha value is -0.170. The van der Waals surface area contributed by atoms with E-state index in [1.807, 2.05) is 11.8 Å². The average Bonchev–Trinajstić information content (AvgIpc) is 3.25. The van der Waals surface area contributed by atoms with Crippen molar-refractivity contribution in [1.29, 1.82) is 0 Å². The fourth-order valence-corrected chi connectivity index (χ4v) is 5.89. The van der Waals surface area contributed by atoms with Crippen molar-refractivity contribution in [2.75, 3.05) is 18.8 Å². The van der Waals surface area contributed by atoms with Gasteiger partial charge >= 0.3 is 0 Å². The largest absolute Gasteiger partial charge is 0.346 e. The molecule has 1 saturated heterocycles. The number of alkyl halides is 1. The first-order chi connectivity index (χ1) is 10.1. The molecule has 2 heterocycles. The zero-order valence-electron chi connectivity index (χ0n) is 12.2. The molecular weight excluding hydrogens is 328 g/mol. The van der Waals surface area contributed by atoms with Gasteiger partial charge in [0, 0.05) is 42.0 Å². The van der Waals surface area contributed by atoms with Gasteiger partial charge in [0.05, 0.1) is 5.88 Å². The quantitative estimate of drug-likeness (QED) is 0.768. The summed E-state index contributed by atoms with van der Waals surface area (Å²) in [7, 11) is -3.38. The maximum absolute atomic E-state index is 12.8. The van der Waals surface area contributed by atoms with Crippen LogP contribution in [0.25, 0.3) is 0 Å². The topological polar surface area (TPSA) is 42.3 Å². The van der Waals surface area contributed by atoms with E-state index in [1.165, 1.54) is 0 Å². The molecule has 0 aromatic carbocycles. The smallest absolute Gasteiger partial charge is 0.244 e. The first-order valence-electron chi connectivity index (χ1n) is 7.44. The van der Waals surface area contributed by atoms with Crippen LogP contribution in [0.2, 0.25) is 0 Å². The zero-order valence-corrected chi connectivity index (χ0v) is 14.6. The number of aromatic nitrogens is 1. The molecule has 21 heavy (non-hydrogen) atoms. The number of halogens is 1. The molecule has 118 valence electrons. The van der Waals surface area contributed by atoms with Gasteiger partial charge in [-0.2, -0.15) is 16.1 Å². The van der Waals surface area contributed by atoms with Crippen molar-refractivity contribution in [1.82, 2.24) is 8.87 Å². The Bertz CT molecular complexity index is 610. The molecule has 1 atom stereocenters. The molecule has 0 N–H and O–H groups in total. The minimum Gasteiger partial charge on any atom is -0.346 e. The van der Waals surface area contributed by atoms with E-state index in [1.54, 1.807) is 16.6 Å². The summed E-state index contributed by atoms with van der Waals surface area (Å²) < 4.78 is 29.4. The predicted octanol–water partition coefficient (Wildman–Crippen LogP) is 3.08. The van der Waals surface area contributed by atoms with Gasteiger partial charge in [-0.1, -0.05) is 6.92 Å². The number of nitrogens with zero attached hydrogens (tertiary/aromatic N) is 2.